The van der Waals surface area contributed by atoms with Crippen molar-refractivity contribution in [1.29, 1.82) is 0 Å². The number of hydrogen-bond donors (Lipinski definition) is 0. The van der Waals surface area contributed by atoms with E-state index in [4.69, 9.17) is 4.74 Å². The van der Waals surface area contributed by atoms with Gasteiger partial charge in [0.1, 0.15) is 5.76 Å². The van der Waals surface area contributed by atoms with Crippen LogP contribution >= 0.6 is 0 Å². The highest BCUT2D eigenvalue weighted by atomic mass is 16.6. The van der Waals surface area contributed by atoms with Gasteiger partial charge in [0.05, 0.1) is 16.7 Å². The summed E-state index contributed by atoms with van der Waals surface area (Å²) in [7, 11) is 0. The normalized spacial score (nSPS) is 15.3. The first-order chi connectivity index (χ1) is 11.0. The maximum absolute atomic E-state index is 12.0. The molecule has 0 unspecified atom stereocenters. The molecule has 0 amide bonds. The molecule has 0 atom stereocenters. The van der Waals surface area contributed by atoms with Gasteiger partial charge in [-0.2, -0.15) is 0 Å². The Labute approximate surface area is 131 Å². The summed E-state index contributed by atoms with van der Waals surface area (Å²) in [5.41, 5.74) is 3.29. The molecule has 2 aromatic rings. The average Bonchev–Trinajstić information content (AvgIpc) is 2.97. The van der Waals surface area contributed by atoms with Crippen LogP contribution in [0.25, 0.3) is 5.76 Å². The van der Waals surface area contributed by atoms with Crippen LogP contribution in [-0.4, -0.2) is 17.9 Å². The molecule has 2 aliphatic heterocycles. The maximum atomic E-state index is 12.0. The van der Waals surface area contributed by atoms with Crippen molar-refractivity contribution >= 4 is 23.7 Å². The molecule has 0 bridgehead atoms. The summed E-state index contributed by atoms with van der Waals surface area (Å²) >= 11 is 0. The van der Waals surface area contributed by atoms with E-state index in [2.05, 4.69) is 11.3 Å². The van der Waals surface area contributed by atoms with E-state index in [1.165, 1.54) is 0 Å². The van der Waals surface area contributed by atoms with Crippen LogP contribution in [0.2, 0.25) is 0 Å². The van der Waals surface area contributed by atoms with Crippen molar-refractivity contribution in [3.63, 3.8) is 0 Å². The zero-order chi connectivity index (χ0) is 16.1. The third kappa shape index (κ3) is 1.97. The summed E-state index contributed by atoms with van der Waals surface area (Å²) in [5.74, 6) is -1.35. The van der Waals surface area contributed by atoms with Crippen LogP contribution < -0.4 is 0 Å². The minimum atomic E-state index is -0.641. The molecular weight excluding hydrogens is 296 g/mol. The molecule has 5 heteroatoms. The first-order valence-electron chi connectivity index (χ1n) is 6.97. The zero-order valence-corrected chi connectivity index (χ0v) is 11.9. The van der Waals surface area contributed by atoms with Crippen molar-refractivity contribution in [3.05, 3.63) is 76.4 Å². The van der Waals surface area contributed by atoms with Gasteiger partial charge in [0, 0.05) is 5.56 Å². The molecule has 23 heavy (non-hydrogen) atoms. The van der Waals surface area contributed by atoms with Crippen LogP contribution in [0.15, 0.2) is 43.0 Å². The Balaban J connectivity index is 1.75. The Morgan fingerprint density at radius 2 is 1.61 bits per heavy atom. The second-order valence-corrected chi connectivity index (χ2v) is 5.39. The monoisotopic (exact) mass is 306 g/mol. The van der Waals surface area contributed by atoms with Crippen LogP contribution in [0.3, 0.4) is 0 Å². The number of benzene rings is 2. The Hall–Kier alpha value is -3.21. The fourth-order valence-corrected chi connectivity index (χ4v) is 2.90. The van der Waals surface area contributed by atoms with Gasteiger partial charge >= 0.3 is 17.9 Å². The molecule has 4 rings (SSSR count). The fraction of sp³-hybridized carbons (Fsp3) is 0.0556. The number of carbonyl (C=O) groups is 3. The second kappa shape index (κ2) is 4.64. The van der Waals surface area contributed by atoms with Crippen molar-refractivity contribution in [2.75, 3.05) is 0 Å². The van der Waals surface area contributed by atoms with E-state index in [1.54, 1.807) is 24.3 Å². The van der Waals surface area contributed by atoms with Crippen molar-refractivity contribution < 1.29 is 23.9 Å². The van der Waals surface area contributed by atoms with E-state index in [0.717, 1.165) is 11.1 Å². The predicted octanol–water partition coefficient (Wildman–Crippen LogP) is 2.73. The standard InChI is InChI=1S/C18H10O5/c1-9-12-4-2-3-11(15(12)18(21)22-9)7-10-5-6-13-14(8-10)17(20)23-16(13)19/h2-6,8H,1,7H2. The molecule has 112 valence electrons. The Bertz CT molecular complexity index is 923. The van der Waals surface area contributed by atoms with E-state index in [-0.39, 0.29) is 11.1 Å². The minimum Gasteiger partial charge on any atom is -0.423 e. The number of ether oxygens (including phenoxy) is 2. The van der Waals surface area contributed by atoms with Crippen LogP contribution in [0, 0.1) is 0 Å². The lowest BCUT2D eigenvalue weighted by Gasteiger charge is -2.06. The SMILES string of the molecule is C=C1OC(=O)c2c(Cc3ccc4c(c3)C(=O)OC4=O)cccc21. The number of hydrogen-bond acceptors (Lipinski definition) is 5. The maximum Gasteiger partial charge on any atom is 0.346 e. The molecule has 0 aromatic heterocycles. The Morgan fingerprint density at radius 1 is 0.826 bits per heavy atom. The van der Waals surface area contributed by atoms with Crippen molar-refractivity contribution in [2.45, 2.75) is 6.42 Å². The molecular formula is C18H10O5. The molecule has 5 nitrogen and oxygen atoms in total. The molecule has 0 fully saturated rings. The van der Waals surface area contributed by atoms with Gasteiger partial charge in [-0.3, -0.25) is 0 Å². The molecule has 2 heterocycles. The van der Waals surface area contributed by atoms with Crippen molar-refractivity contribution in [3.8, 4) is 0 Å². The van der Waals surface area contributed by atoms with Gasteiger partial charge < -0.3 is 9.47 Å². The first-order valence-corrected chi connectivity index (χ1v) is 6.97. The topological polar surface area (TPSA) is 69.7 Å². The summed E-state index contributed by atoms with van der Waals surface area (Å²) in [6.07, 6.45) is 0.431. The number of cyclic esters (lactones) is 3. The summed E-state index contributed by atoms with van der Waals surface area (Å²) in [6.45, 7) is 3.72. The minimum absolute atomic E-state index is 0.257. The van der Waals surface area contributed by atoms with Gasteiger partial charge in [-0.25, -0.2) is 14.4 Å². The van der Waals surface area contributed by atoms with E-state index in [0.29, 0.717) is 23.3 Å². The van der Waals surface area contributed by atoms with E-state index in [9.17, 15) is 14.4 Å². The first kappa shape index (κ1) is 13.5. The number of rotatable bonds is 2. The molecule has 2 aromatic carbocycles. The predicted molar refractivity (Wildman–Crippen MR) is 79.9 cm³/mol. The molecule has 0 radical (unpaired) electrons. The molecule has 0 spiro atoms. The van der Waals surface area contributed by atoms with Crippen molar-refractivity contribution in [2.24, 2.45) is 0 Å². The van der Waals surface area contributed by atoms with Crippen molar-refractivity contribution in [1.82, 2.24) is 0 Å². The van der Waals surface area contributed by atoms with Gasteiger partial charge in [0.2, 0.25) is 0 Å². The van der Waals surface area contributed by atoms with E-state index in [1.807, 2.05) is 12.1 Å². The quantitative estimate of drug-likeness (QED) is 0.630. The van der Waals surface area contributed by atoms with Gasteiger partial charge in [-0.05, 0) is 29.7 Å². The van der Waals surface area contributed by atoms with Crippen LogP contribution in [-0.2, 0) is 15.9 Å². The zero-order valence-electron chi connectivity index (χ0n) is 11.9. The third-order valence-corrected chi connectivity index (χ3v) is 3.97. The molecule has 0 saturated carbocycles. The molecule has 0 aliphatic carbocycles. The summed E-state index contributed by atoms with van der Waals surface area (Å²) in [6, 6.07) is 10.4. The lowest BCUT2D eigenvalue weighted by atomic mass is 9.95. The van der Waals surface area contributed by atoms with Crippen LogP contribution in [0.5, 0.6) is 0 Å². The van der Waals surface area contributed by atoms with Gasteiger partial charge in [-0.15, -0.1) is 0 Å². The number of carbonyl (C=O) groups excluding carboxylic acids is 3. The van der Waals surface area contributed by atoms with Gasteiger partial charge in [0.25, 0.3) is 0 Å². The smallest absolute Gasteiger partial charge is 0.346 e. The average molecular weight is 306 g/mol. The third-order valence-electron chi connectivity index (χ3n) is 3.97. The number of fused-ring (bicyclic) bond motifs is 2. The van der Waals surface area contributed by atoms with E-state index < -0.39 is 17.9 Å². The summed E-state index contributed by atoms with van der Waals surface area (Å²) in [4.78, 5) is 35.1. The highest BCUT2D eigenvalue weighted by molar-refractivity contribution is 6.14. The Kier molecular flexibility index (Phi) is 2.72. The molecule has 0 saturated heterocycles. The highest BCUT2D eigenvalue weighted by Gasteiger charge is 2.31. The number of esters is 3. The van der Waals surface area contributed by atoms with E-state index >= 15 is 0 Å². The largest absolute Gasteiger partial charge is 0.423 e. The lowest BCUT2D eigenvalue weighted by Crippen LogP contribution is -2.02. The van der Waals surface area contributed by atoms with Gasteiger partial charge in [-0.1, -0.05) is 30.8 Å². The lowest BCUT2D eigenvalue weighted by molar-refractivity contribution is 0.0443. The summed E-state index contributed by atoms with van der Waals surface area (Å²) < 4.78 is 9.64. The second-order valence-electron chi connectivity index (χ2n) is 5.39. The Morgan fingerprint density at radius 3 is 2.43 bits per heavy atom. The highest BCUT2D eigenvalue weighted by Crippen LogP contribution is 2.32. The van der Waals surface area contributed by atoms with Gasteiger partial charge in [0.15, 0.2) is 0 Å². The molecule has 0 N–H and O–H groups in total. The van der Waals surface area contributed by atoms with Crippen LogP contribution in [0.1, 0.15) is 47.8 Å². The van der Waals surface area contributed by atoms with Crippen LogP contribution in [0.4, 0.5) is 0 Å². The summed E-state index contributed by atoms with van der Waals surface area (Å²) in [5, 5.41) is 0. The molecule has 2 aliphatic rings. The fourth-order valence-electron chi connectivity index (χ4n) is 2.90.